The SMILES string of the molecule is CN(C)[C@H]1CC[C@H](Oc2cc(-c3ccc4c(c3NC(=O)NS(=O)(=O)c3ccn(CC(C)(C)B(O)O)n3)CCC4)ccn2)CC1. The lowest BCUT2D eigenvalue weighted by Gasteiger charge is -2.32. The topological polar surface area (TPSA) is 159 Å². The molecule has 0 spiro atoms. The lowest BCUT2D eigenvalue weighted by molar-refractivity contribution is 0.107. The van der Waals surface area contributed by atoms with Crippen LogP contribution >= 0.6 is 0 Å². The minimum Gasteiger partial charge on any atom is -0.474 e. The second-order valence-electron chi connectivity index (χ2n) is 12.6. The predicted molar refractivity (Wildman–Crippen MR) is 168 cm³/mol. The molecule has 12 nitrogen and oxygen atoms in total. The van der Waals surface area contributed by atoms with Gasteiger partial charge in [-0.1, -0.05) is 26.0 Å². The van der Waals surface area contributed by atoms with E-state index in [9.17, 15) is 23.3 Å². The van der Waals surface area contributed by atoms with Crippen LogP contribution in [0.2, 0.25) is 5.31 Å². The normalized spacial score (nSPS) is 18.6. The number of nitrogens with one attached hydrogen (secondary N) is 2. The molecule has 1 fully saturated rings. The first-order chi connectivity index (χ1) is 20.8. The van der Waals surface area contributed by atoms with Gasteiger partial charge in [0.15, 0.2) is 5.03 Å². The zero-order valence-corrected chi connectivity index (χ0v) is 26.5. The van der Waals surface area contributed by atoms with E-state index in [1.165, 1.54) is 16.9 Å². The highest BCUT2D eigenvalue weighted by atomic mass is 32.2. The van der Waals surface area contributed by atoms with E-state index >= 15 is 0 Å². The molecular formula is C30H41BN6O6S. The van der Waals surface area contributed by atoms with Crippen molar-refractivity contribution in [3.63, 3.8) is 0 Å². The number of rotatable bonds is 10. The largest absolute Gasteiger partial charge is 0.474 e. The van der Waals surface area contributed by atoms with Crippen molar-refractivity contribution in [2.75, 3.05) is 19.4 Å². The third-order valence-electron chi connectivity index (χ3n) is 8.62. The molecule has 2 aliphatic carbocycles. The van der Waals surface area contributed by atoms with Gasteiger partial charge in [0, 0.05) is 41.9 Å². The molecule has 0 radical (unpaired) electrons. The van der Waals surface area contributed by atoms with Crippen LogP contribution in [0, 0.1) is 0 Å². The van der Waals surface area contributed by atoms with E-state index in [0.717, 1.165) is 67.2 Å². The summed E-state index contributed by atoms with van der Waals surface area (Å²) < 4.78 is 35.7. The van der Waals surface area contributed by atoms with Crippen LogP contribution < -0.4 is 14.8 Å². The van der Waals surface area contributed by atoms with Gasteiger partial charge >= 0.3 is 13.1 Å². The van der Waals surface area contributed by atoms with Gasteiger partial charge in [0.25, 0.3) is 10.0 Å². The third-order valence-corrected chi connectivity index (χ3v) is 9.84. The summed E-state index contributed by atoms with van der Waals surface area (Å²) in [7, 11) is -1.72. The fraction of sp³-hybridized carbons (Fsp3) is 0.500. The average molecular weight is 625 g/mol. The Hall–Kier alpha value is -3.46. The summed E-state index contributed by atoms with van der Waals surface area (Å²) in [6, 6.07) is 8.62. The number of hydrogen-bond acceptors (Lipinski definition) is 9. The Morgan fingerprint density at radius 3 is 2.59 bits per heavy atom. The molecule has 3 aromatic rings. The number of carbonyl (C=O) groups excluding carboxylic acids is 1. The first-order valence-corrected chi connectivity index (χ1v) is 16.5. The van der Waals surface area contributed by atoms with Crippen LogP contribution in [0.25, 0.3) is 11.1 Å². The number of nitrogens with zero attached hydrogens (tertiary/aromatic N) is 4. The maximum absolute atomic E-state index is 13.2. The van der Waals surface area contributed by atoms with E-state index in [0.29, 0.717) is 17.6 Å². The number of pyridine rings is 1. The minimum absolute atomic E-state index is 0.0564. The number of anilines is 1. The molecule has 236 valence electrons. The lowest BCUT2D eigenvalue weighted by Crippen LogP contribution is -2.35. The lowest BCUT2D eigenvalue weighted by atomic mass is 9.60. The monoisotopic (exact) mass is 624 g/mol. The predicted octanol–water partition coefficient (Wildman–Crippen LogP) is 3.45. The fourth-order valence-electron chi connectivity index (χ4n) is 5.93. The molecule has 14 heteroatoms. The summed E-state index contributed by atoms with van der Waals surface area (Å²) in [5.41, 5.74) is 4.20. The zero-order chi connectivity index (χ0) is 31.6. The van der Waals surface area contributed by atoms with Crippen molar-refractivity contribution in [2.45, 2.75) is 87.8 Å². The van der Waals surface area contributed by atoms with Crippen LogP contribution in [0.4, 0.5) is 10.5 Å². The van der Waals surface area contributed by atoms with Crippen LogP contribution in [-0.4, -0.2) is 77.5 Å². The van der Waals surface area contributed by atoms with Crippen molar-refractivity contribution in [3.8, 4) is 17.0 Å². The van der Waals surface area contributed by atoms with Gasteiger partial charge in [0.05, 0.1) is 5.69 Å². The molecule has 44 heavy (non-hydrogen) atoms. The highest BCUT2D eigenvalue weighted by Gasteiger charge is 2.34. The van der Waals surface area contributed by atoms with E-state index < -0.39 is 28.5 Å². The number of urea groups is 1. The van der Waals surface area contributed by atoms with E-state index in [1.807, 2.05) is 18.2 Å². The number of hydrogen-bond donors (Lipinski definition) is 4. The van der Waals surface area contributed by atoms with E-state index in [1.54, 1.807) is 20.0 Å². The Morgan fingerprint density at radius 1 is 1.14 bits per heavy atom. The summed E-state index contributed by atoms with van der Waals surface area (Å²) in [6.07, 6.45) is 9.79. The number of amides is 2. The first kappa shape index (κ1) is 32.0. The Kier molecular flexibility index (Phi) is 9.35. The minimum atomic E-state index is -4.31. The van der Waals surface area contributed by atoms with Gasteiger partial charge in [0.1, 0.15) is 6.10 Å². The van der Waals surface area contributed by atoms with Gasteiger partial charge in [-0.15, -0.1) is 0 Å². The van der Waals surface area contributed by atoms with E-state index in [2.05, 4.69) is 45.2 Å². The second kappa shape index (κ2) is 12.9. The quantitative estimate of drug-likeness (QED) is 0.248. The zero-order valence-electron chi connectivity index (χ0n) is 25.7. The van der Waals surface area contributed by atoms with Crippen molar-refractivity contribution in [1.82, 2.24) is 24.4 Å². The summed E-state index contributed by atoms with van der Waals surface area (Å²) in [5, 5.41) is 24.7. The molecule has 4 N–H and O–H groups in total. The van der Waals surface area contributed by atoms with Crippen LogP contribution in [0.3, 0.4) is 0 Å². The Balaban J connectivity index is 1.33. The van der Waals surface area contributed by atoms with E-state index in [-0.39, 0.29) is 17.7 Å². The van der Waals surface area contributed by atoms with Gasteiger partial charge in [-0.3, -0.25) is 4.68 Å². The molecule has 2 aliphatic rings. The maximum atomic E-state index is 13.2. The van der Waals surface area contributed by atoms with E-state index in [4.69, 9.17) is 4.74 Å². The van der Waals surface area contributed by atoms with Crippen LogP contribution in [-0.2, 0) is 29.4 Å². The average Bonchev–Trinajstić information content (AvgIpc) is 3.63. The number of fused-ring (bicyclic) bond motifs is 1. The summed E-state index contributed by atoms with van der Waals surface area (Å²) >= 11 is 0. The number of aromatic nitrogens is 3. The number of carbonyl (C=O) groups is 1. The molecule has 0 atom stereocenters. The van der Waals surface area contributed by atoms with Gasteiger partial charge in [-0.25, -0.2) is 14.5 Å². The maximum Gasteiger partial charge on any atom is 0.459 e. The van der Waals surface area contributed by atoms with Gasteiger partial charge < -0.3 is 25.0 Å². The standard InChI is InChI=1S/C30H41BN6O6S/c1-30(2,31(39)40)19-37-17-15-27(34-37)44(41,42)35-29(38)33-28-24-7-5-6-20(24)8-13-25(28)21-14-16-32-26(18-21)43-23-11-9-22(10-12-23)36(3)4/h8,13-18,22-23,39-40H,5-7,9-12,19H2,1-4H3,(H2,33,35,38)/t22-,23-. The Labute approximate surface area is 259 Å². The molecule has 1 saturated carbocycles. The van der Waals surface area contributed by atoms with Crippen molar-refractivity contribution in [1.29, 1.82) is 0 Å². The summed E-state index contributed by atoms with van der Waals surface area (Å²) in [4.78, 5) is 19.9. The number of benzene rings is 1. The molecule has 2 heterocycles. The third kappa shape index (κ3) is 7.25. The molecule has 1 aromatic carbocycles. The summed E-state index contributed by atoms with van der Waals surface area (Å²) in [6.45, 7) is 3.29. The number of aryl methyl sites for hydroxylation is 1. The molecule has 0 saturated heterocycles. The van der Waals surface area contributed by atoms with Crippen molar-refractivity contribution in [3.05, 3.63) is 53.9 Å². The van der Waals surface area contributed by atoms with Crippen molar-refractivity contribution in [2.24, 2.45) is 0 Å². The second-order valence-corrected chi connectivity index (χ2v) is 14.3. The van der Waals surface area contributed by atoms with Crippen molar-refractivity contribution < 1.29 is 28.0 Å². The van der Waals surface area contributed by atoms with Gasteiger partial charge in [0.2, 0.25) is 5.88 Å². The number of ether oxygens (including phenoxy) is 1. The van der Waals surface area contributed by atoms with Crippen LogP contribution in [0.1, 0.15) is 57.1 Å². The molecule has 2 amide bonds. The molecule has 0 aliphatic heterocycles. The first-order valence-electron chi connectivity index (χ1n) is 15.0. The highest BCUT2D eigenvalue weighted by molar-refractivity contribution is 7.90. The van der Waals surface area contributed by atoms with Gasteiger partial charge in [-0.2, -0.15) is 13.5 Å². The van der Waals surface area contributed by atoms with Gasteiger partial charge in [-0.05, 0) is 87.9 Å². The van der Waals surface area contributed by atoms with Crippen LogP contribution in [0.15, 0.2) is 47.8 Å². The molecular weight excluding hydrogens is 583 g/mol. The summed E-state index contributed by atoms with van der Waals surface area (Å²) in [5.74, 6) is 0.516. The Morgan fingerprint density at radius 2 is 1.89 bits per heavy atom. The molecule has 0 bridgehead atoms. The molecule has 5 rings (SSSR count). The van der Waals surface area contributed by atoms with Crippen molar-refractivity contribution >= 4 is 28.9 Å². The fourth-order valence-corrected chi connectivity index (χ4v) is 6.78. The highest BCUT2D eigenvalue weighted by Crippen LogP contribution is 2.38. The molecule has 2 aromatic heterocycles. The van der Waals surface area contributed by atoms with Crippen LogP contribution in [0.5, 0.6) is 5.88 Å². The smallest absolute Gasteiger partial charge is 0.459 e. The number of sulfonamides is 1. The molecule has 0 unspecified atom stereocenters. The Bertz CT molecular complexity index is 1600.